The summed E-state index contributed by atoms with van der Waals surface area (Å²) in [6, 6.07) is 5.22. The van der Waals surface area contributed by atoms with Crippen molar-refractivity contribution in [2.24, 2.45) is 0 Å². The van der Waals surface area contributed by atoms with Gasteiger partial charge in [0, 0.05) is 15.7 Å². The molecule has 1 fully saturated rings. The molecular formula is C11H12Cl2O3S. The van der Waals surface area contributed by atoms with Gasteiger partial charge in [0.05, 0.1) is 17.7 Å². The molecule has 6 heteroatoms. The second-order valence-electron chi connectivity index (χ2n) is 3.82. The van der Waals surface area contributed by atoms with Gasteiger partial charge in [-0.1, -0.05) is 23.2 Å². The maximum Gasteiger partial charge on any atom is 0.109 e. The molecule has 1 aliphatic rings. The summed E-state index contributed by atoms with van der Waals surface area (Å²) in [6.45, 7) is 0.176. The lowest BCUT2D eigenvalue weighted by Crippen LogP contribution is -2.31. The molecule has 2 N–H and O–H groups in total. The Morgan fingerprint density at radius 3 is 2.76 bits per heavy atom. The van der Waals surface area contributed by atoms with Crippen molar-refractivity contribution in [2.75, 3.05) is 12.4 Å². The Morgan fingerprint density at radius 2 is 2.12 bits per heavy atom. The second-order valence-corrected chi connectivity index (χ2v) is 5.72. The van der Waals surface area contributed by atoms with E-state index in [0.29, 0.717) is 15.8 Å². The summed E-state index contributed by atoms with van der Waals surface area (Å²) in [5.41, 5.74) is 0. The van der Waals surface area contributed by atoms with Crippen molar-refractivity contribution in [3.05, 3.63) is 28.2 Å². The van der Waals surface area contributed by atoms with Crippen molar-refractivity contribution in [3.8, 4) is 0 Å². The van der Waals surface area contributed by atoms with Gasteiger partial charge in [0.25, 0.3) is 0 Å². The van der Waals surface area contributed by atoms with Crippen LogP contribution in [0, 0.1) is 0 Å². The third-order valence-electron chi connectivity index (χ3n) is 2.55. The Labute approximate surface area is 114 Å². The molecule has 17 heavy (non-hydrogen) atoms. The summed E-state index contributed by atoms with van der Waals surface area (Å²) in [6.07, 6.45) is -2.00. The number of hydrogen-bond donors (Lipinski definition) is 2. The average molecular weight is 295 g/mol. The summed E-state index contributed by atoms with van der Waals surface area (Å²) in [5, 5.41) is 20.2. The highest BCUT2D eigenvalue weighted by Gasteiger charge is 2.34. The zero-order valence-electron chi connectivity index (χ0n) is 8.85. The molecule has 1 aliphatic heterocycles. The molecule has 0 amide bonds. The molecule has 1 heterocycles. The fraction of sp³-hybridized carbons (Fsp3) is 0.455. The molecule has 2 rings (SSSR count). The van der Waals surface area contributed by atoms with Crippen LogP contribution in [0.4, 0.5) is 0 Å². The molecule has 3 nitrogen and oxygen atoms in total. The molecule has 0 bridgehead atoms. The largest absolute Gasteiger partial charge is 0.388 e. The number of benzene rings is 1. The number of halogens is 2. The molecule has 1 aromatic rings. The predicted octanol–water partition coefficient (Wildman–Crippen LogP) is 2.21. The Morgan fingerprint density at radius 1 is 1.35 bits per heavy atom. The first kappa shape index (κ1) is 13.5. The number of ether oxygens (including phenoxy) is 1. The van der Waals surface area contributed by atoms with Crippen molar-refractivity contribution in [1.29, 1.82) is 0 Å². The van der Waals surface area contributed by atoms with Crippen LogP contribution in [0.1, 0.15) is 0 Å². The van der Waals surface area contributed by atoms with Gasteiger partial charge >= 0.3 is 0 Å². The Bertz CT molecular complexity index is 402. The van der Waals surface area contributed by atoms with Gasteiger partial charge in [0.2, 0.25) is 0 Å². The standard InChI is InChI=1S/C11H12Cl2O3S/c12-6-1-2-7(13)10(3-6)17-5-9-11(15)8(14)4-16-9/h1-3,8-9,11,14-15H,4-5H2. The predicted molar refractivity (Wildman–Crippen MR) is 68.9 cm³/mol. The first-order valence-corrected chi connectivity index (χ1v) is 6.87. The quantitative estimate of drug-likeness (QED) is 0.839. The topological polar surface area (TPSA) is 49.7 Å². The Balaban J connectivity index is 1.96. The van der Waals surface area contributed by atoms with E-state index in [9.17, 15) is 10.2 Å². The molecule has 1 saturated heterocycles. The fourth-order valence-corrected chi connectivity index (χ4v) is 3.15. The van der Waals surface area contributed by atoms with Gasteiger partial charge in [-0.05, 0) is 18.2 Å². The van der Waals surface area contributed by atoms with Crippen LogP contribution in [0.25, 0.3) is 0 Å². The lowest BCUT2D eigenvalue weighted by Gasteiger charge is -2.14. The minimum Gasteiger partial charge on any atom is -0.388 e. The van der Waals surface area contributed by atoms with Crippen LogP contribution in [-0.2, 0) is 4.74 Å². The van der Waals surface area contributed by atoms with E-state index in [1.165, 1.54) is 11.8 Å². The van der Waals surface area contributed by atoms with Gasteiger partial charge < -0.3 is 14.9 Å². The summed E-state index contributed by atoms with van der Waals surface area (Å²) >= 11 is 13.3. The van der Waals surface area contributed by atoms with Crippen molar-refractivity contribution in [3.63, 3.8) is 0 Å². The van der Waals surface area contributed by atoms with Crippen LogP contribution in [0.2, 0.25) is 10.0 Å². The summed E-state index contributed by atoms with van der Waals surface area (Å²) in [7, 11) is 0. The molecule has 0 saturated carbocycles. The minimum atomic E-state index is -0.833. The zero-order valence-corrected chi connectivity index (χ0v) is 11.2. The third kappa shape index (κ3) is 3.28. The van der Waals surface area contributed by atoms with E-state index in [-0.39, 0.29) is 12.7 Å². The van der Waals surface area contributed by atoms with E-state index in [1.807, 2.05) is 0 Å². The number of aliphatic hydroxyl groups is 2. The molecule has 0 radical (unpaired) electrons. The maximum absolute atomic E-state index is 9.61. The summed E-state index contributed by atoms with van der Waals surface area (Å²) < 4.78 is 5.27. The molecule has 94 valence electrons. The lowest BCUT2D eigenvalue weighted by molar-refractivity contribution is 0.0337. The van der Waals surface area contributed by atoms with Crippen LogP contribution >= 0.6 is 35.0 Å². The van der Waals surface area contributed by atoms with E-state index in [1.54, 1.807) is 18.2 Å². The zero-order chi connectivity index (χ0) is 12.4. The van der Waals surface area contributed by atoms with Crippen molar-refractivity contribution < 1.29 is 14.9 Å². The summed E-state index contributed by atoms with van der Waals surface area (Å²) in [5.74, 6) is 0.526. The van der Waals surface area contributed by atoms with E-state index in [0.717, 1.165) is 4.90 Å². The van der Waals surface area contributed by atoms with Crippen LogP contribution in [-0.4, -0.2) is 40.9 Å². The molecule has 0 aromatic heterocycles. The van der Waals surface area contributed by atoms with Crippen LogP contribution in [0.3, 0.4) is 0 Å². The lowest BCUT2D eigenvalue weighted by atomic mass is 10.2. The van der Waals surface area contributed by atoms with Gasteiger partial charge in [-0.2, -0.15) is 0 Å². The molecule has 1 aromatic carbocycles. The highest BCUT2D eigenvalue weighted by molar-refractivity contribution is 7.99. The normalized spacial score (nSPS) is 28.6. The SMILES string of the molecule is OC1COC(CSc2cc(Cl)ccc2Cl)C1O. The van der Waals surface area contributed by atoms with E-state index >= 15 is 0 Å². The van der Waals surface area contributed by atoms with Gasteiger partial charge in [0.1, 0.15) is 12.2 Å². The van der Waals surface area contributed by atoms with Gasteiger partial charge in [0.15, 0.2) is 0 Å². The van der Waals surface area contributed by atoms with Crippen molar-refractivity contribution >= 4 is 35.0 Å². The first-order chi connectivity index (χ1) is 8.08. The van der Waals surface area contributed by atoms with Gasteiger partial charge in [-0.15, -0.1) is 11.8 Å². The van der Waals surface area contributed by atoms with Crippen LogP contribution in [0.5, 0.6) is 0 Å². The highest BCUT2D eigenvalue weighted by atomic mass is 35.5. The molecule has 0 aliphatic carbocycles. The minimum absolute atomic E-state index is 0.176. The van der Waals surface area contributed by atoms with E-state index in [4.69, 9.17) is 27.9 Å². The van der Waals surface area contributed by atoms with E-state index < -0.39 is 12.2 Å². The molecule has 3 atom stereocenters. The highest BCUT2D eigenvalue weighted by Crippen LogP contribution is 2.32. The maximum atomic E-state index is 9.61. The van der Waals surface area contributed by atoms with Crippen LogP contribution in [0.15, 0.2) is 23.1 Å². The van der Waals surface area contributed by atoms with Gasteiger partial charge in [-0.25, -0.2) is 0 Å². The fourth-order valence-electron chi connectivity index (χ4n) is 1.57. The van der Waals surface area contributed by atoms with E-state index in [2.05, 4.69) is 0 Å². The Kier molecular flexibility index (Phi) is 4.58. The number of aliphatic hydroxyl groups excluding tert-OH is 2. The van der Waals surface area contributed by atoms with Crippen LogP contribution < -0.4 is 0 Å². The summed E-state index contributed by atoms with van der Waals surface area (Å²) in [4.78, 5) is 0.844. The smallest absolute Gasteiger partial charge is 0.109 e. The first-order valence-electron chi connectivity index (χ1n) is 5.13. The molecular weight excluding hydrogens is 283 g/mol. The molecule has 3 unspecified atom stereocenters. The molecule has 0 spiro atoms. The second kappa shape index (κ2) is 5.78. The Hall–Kier alpha value is 0.0300. The average Bonchev–Trinajstić information content (AvgIpc) is 2.62. The van der Waals surface area contributed by atoms with Gasteiger partial charge in [-0.3, -0.25) is 0 Å². The van der Waals surface area contributed by atoms with Crippen molar-refractivity contribution in [1.82, 2.24) is 0 Å². The third-order valence-corrected chi connectivity index (χ3v) is 4.37. The number of rotatable bonds is 3. The monoisotopic (exact) mass is 294 g/mol. The number of hydrogen-bond acceptors (Lipinski definition) is 4. The number of thioether (sulfide) groups is 1. The van der Waals surface area contributed by atoms with Crippen molar-refractivity contribution in [2.45, 2.75) is 23.2 Å².